The molecule has 0 saturated heterocycles. The third-order valence-electron chi connectivity index (χ3n) is 2.67. The summed E-state index contributed by atoms with van der Waals surface area (Å²) >= 11 is 0. The van der Waals surface area contributed by atoms with Gasteiger partial charge in [-0.2, -0.15) is 0 Å². The third kappa shape index (κ3) is 1.33. The second kappa shape index (κ2) is 3.29. The summed E-state index contributed by atoms with van der Waals surface area (Å²) in [6.45, 7) is 2.08. The summed E-state index contributed by atoms with van der Waals surface area (Å²) in [5.74, 6) is 0. The van der Waals surface area contributed by atoms with Gasteiger partial charge in [-0.05, 0) is 30.7 Å². The Labute approximate surface area is 83.2 Å². The summed E-state index contributed by atoms with van der Waals surface area (Å²) in [5, 5.41) is 1.21. The van der Waals surface area contributed by atoms with Gasteiger partial charge in [-0.15, -0.1) is 0 Å². The molecule has 2 rings (SSSR count). The van der Waals surface area contributed by atoms with Gasteiger partial charge in [0.15, 0.2) is 0 Å². The Morgan fingerprint density at radius 3 is 2.86 bits per heavy atom. The molecule has 0 bridgehead atoms. The summed E-state index contributed by atoms with van der Waals surface area (Å²) < 4.78 is 2.15. The molecule has 2 nitrogen and oxygen atoms in total. The van der Waals surface area contributed by atoms with Crippen LogP contribution in [0, 0.1) is 6.92 Å². The number of aromatic nitrogens is 1. The van der Waals surface area contributed by atoms with E-state index in [4.69, 9.17) is 0 Å². The fourth-order valence-electron chi connectivity index (χ4n) is 1.76. The molecule has 0 N–H and O–H groups in total. The summed E-state index contributed by atoms with van der Waals surface area (Å²) in [6.07, 6.45) is 1.45. The van der Waals surface area contributed by atoms with Gasteiger partial charge in [0.2, 0.25) is 0 Å². The van der Waals surface area contributed by atoms with E-state index in [-0.39, 0.29) is 0 Å². The van der Waals surface area contributed by atoms with Crippen molar-refractivity contribution in [2.45, 2.75) is 13.3 Å². The van der Waals surface area contributed by atoms with E-state index in [0.29, 0.717) is 6.42 Å². The van der Waals surface area contributed by atoms with E-state index in [0.717, 1.165) is 11.8 Å². The maximum atomic E-state index is 10.4. The molecule has 0 amide bonds. The van der Waals surface area contributed by atoms with Crippen molar-refractivity contribution in [1.82, 2.24) is 4.57 Å². The van der Waals surface area contributed by atoms with Crippen LogP contribution in [-0.4, -0.2) is 10.9 Å². The molecule has 2 aromatic rings. The van der Waals surface area contributed by atoms with Crippen LogP contribution >= 0.6 is 0 Å². The maximum Gasteiger partial charge on any atom is 0.124 e. The molecule has 0 spiro atoms. The highest BCUT2D eigenvalue weighted by molar-refractivity contribution is 5.82. The second-order valence-corrected chi connectivity index (χ2v) is 3.61. The molecule has 0 aliphatic rings. The van der Waals surface area contributed by atoms with E-state index in [2.05, 4.69) is 36.7 Å². The lowest BCUT2D eigenvalue weighted by Crippen LogP contribution is -1.90. The average Bonchev–Trinajstić information content (AvgIpc) is 2.43. The quantitative estimate of drug-likeness (QED) is 0.661. The number of rotatable bonds is 2. The van der Waals surface area contributed by atoms with E-state index in [9.17, 15) is 4.79 Å². The van der Waals surface area contributed by atoms with Gasteiger partial charge >= 0.3 is 0 Å². The fourth-order valence-corrected chi connectivity index (χ4v) is 1.76. The van der Waals surface area contributed by atoms with Crippen LogP contribution in [0.2, 0.25) is 0 Å². The van der Waals surface area contributed by atoms with E-state index in [1.807, 2.05) is 6.07 Å². The number of aryl methyl sites for hydroxylation is 2. The number of hydrogen-bond donors (Lipinski definition) is 0. The minimum atomic E-state index is 0.504. The maximum absolute atomic E-state index is 10.4. The van der Waals surface area contributed by atoms with Gasteiger partial charge in [-0.3, -0.25) is 0 Å². The van der Waals surface area contributed by atoms with Gasteiger partial charge in [-0.25, -0.2) is 0 Å². The number of carbonyl (C=O) groups is 1. The van der Waals surface area contributed by atoms with Crippen molar-refractivity contribution in [1.29, 1.82) is 0 Å². The summed E-state index contributed by atoms with van der Waals surface area (Å²) in [7, 11) is 2.05. The van der Waals surface area contributed by atoms with E-state index >= 15 is 0 Å². The van der Waals surface area contributed by atoms with Crippen LogP contribution in [0.25, 0.3) is 10.9 Å². The molecule has 1 aromatic carbocycles. The summed E-state index contributed by atoms with van der Waals surface area (Å²) in [6, 6.07) is 8.30. The minimum Gasteiger partial charge on any atom is -0.348 e. The van der Waals surface area contributed by atoms with E-state index in [1.54, 1.807) is 0 Å². The highest BCUT2D eigenvalue weighted by Gasteiger charge is 2.02. The standard InChI is InChI=1S/C12H13NO/c1-9-7-11-8-10(5-6-14)3-4-12(11)13(9)2/h3-4,6-8H,5H2,1-2H3. The molecular weight excluding hydrogens is 174 g/mol. The fraction of sp³-hybridized carbons (Fsp3) is 0.250. The highest BCUT2D eigenvalue weighted by atomic mass is 16.1. The molecule has 72 valence electrons. The normalized spacial score (nSPS) is 10.7. The number of hydrogen-bond acceptors (Lipinski definition) is 1. The molecule has 0 atom stereocenters. The van der Waals surface area contributed by atoms with Crippen molar-refractivity contribution in [2.24, 2.45) is 7.05 Å². The molecule has 0 radical (unpaired) electrons. The van der Waals surface area contributed by atoms with Crippen LogP contribution in [-0.2, 0) is 18.3 Å². The van der Waals surface area contributed by atoms with Gasteiger partial charge in [0.05, 0.1) is 0 Å². The van der Waals surface area contributed by atoms with Crippen LogP contribution in [0.5, 0.6) is 0 Å². The Balaban J connectivity index is 2.61. The zero-order valence-corrected chi connectivity index (χ0v) is 8.45. The number of benzene rings is 1. The van der Waals surface area contributed by atoms with Crippen LogP contribution in [0.1, 0.15) is 11.3 Å². The van der Waals surface area contributed by atoms with Gasteiger partial charge in [0, 0.05) is 30.1 Å². The first-order valence-corrected chi connectivity index (χ1v) is 4.71. The van der Waals surface area contributed by atoms with Crippen molar-refractivity contribution < 1.29 is 4.79 Å². The SMILES string of the molecule is Cc1cc2cc(CC=O)ccc2n1C. The van der Waals surface area contributed by atoms with Gasteiger partial charge in [0.1, 0.15) is 6.29 Å². The molecule has 0 unspecified atom stereocenters. The van der Waals surface area contributed by atoms with Gasteiger partial charge in [0.25, 0.3) is 0 Å². The summed E-state index contributed by atoms with van der Waals surface area (Å²) in [4.78, 5) is 10.4. The van der Waals surface area contributed by atoms with Crippen LogP contribution < -0.4 is 0 Å². The lowest BCUT2D eigenvalue weighted by Gasteiger charge is -1.99. The van der Waals surface area contributed by atoms with Gasteiger partial charge < -0.3 is 9.36 Å². The van der Waals surface area contributed by atoms with Crippen molar-refractivity contribution in [3.05, 3.63) is 35.5 Å². The van der Waals surface area contributed by atoms with Gasteiger partial charge in [-0.1, -0.05) is 6.07 Å². The topological polar surface area (TPSA) is 22.0 Å². The Hall–Kier alpha value is -1.57. The molecule has 0 aliphatic carbocycles. The predicted octanol–water partition coefficient (Wildman–Crippen LogP) is 2.23. The zero-order valence-electron chi connectivity index (χ0n) is 8.45. The Morgan fingerprint density at radius 1 is 1.36 bits per heavy atom. The van der Waals surface area contributed by atoms with Crippen molar-refractivity contribution >= 4 is 17.2 Å². The van der Waals surface area contributed by atoms with Crippen molar-refractivity contribution in [2.75, 3.05) is 0 Å². The predicted molar refractivity (Wildman–Crippen MR) is 57.4 cm³/mol. The smallest absolute Gasteiger partial charge is 0.124 e. The monoisotopic (exact) mass is 187 g/mol. The number of nitrogens with zero attached hydrogens (tertiary/aromatic N) is 1. The highest BCUT2D eigenvalue weighted by Crippen LogP contribution is 2.19. The second-order valence-electron chi connectivity index (χ2n) is 3.61. The number of carbonyl (C=O) groups excluding carboxylic acids is 1. The molecular formula is C12H13NO. The van der Waals surface area contributed by atoms with Crippen LogP contribution in [0.4, 0.5) is 0 Å². The largest absolute Gasteiger partial charge is 0.348 e. The lowest BCUT2D eigenvalue weighted by atomic mass is 10.1. The van der Waals surface area contributed by atoms with Crippen LogP contribution in [0.3, 0.4) is 0 Å². The average molecular weight is 187 g/mol. The van der Waals surface area contributed by atoms with Crippen molar-refractivity contribution in [3.63, 3.8) is 0 Å². The number of aldehydes is 1. The molecule has 14 heavy (non-hydrogen) atoms. The molecule has 2 heteroatoms. The molecule has 1 aromatic heterocycles. The first-order chi connectivity index (χ1) is 6.72. The Kier molecular flexibility index (Phi) is 2.12. The van der Waals surface area contributed by atoms with E-state index in [1.165, 1.54) is 16.6 Å². The van der Waals surface area contributed by atoms with E-state index < -0.39 is 0 Å². The first-order valence-electron chi connectivity index (χ1n) is 4.71. The Bertz CT molecular complexity index is 482. The lowest BCUT2D eigenvalue weighted by molar-refractivity contribution is -0.107. The first kappa shape index (κ1) is 9.00. The van der Waals surface area contributed by atoms with Crippen molar-refractivity contribution in [3.8, 4) is 0 Å². The molecule has 1 heterocycles. The molecule has 0 saturated carbocycles. The van der Waals surface area contributed by atoms with Crippen LogP contribution in [0.15, 0.2) is 24.3 Å². The Morgan fingerprint density at radius 2 is 2.14 bits per heavy atom. The summed E-state index contributed by atoms with van der Waals surface area (Å²) in [5.41, 5.74) is 3.54. The number of fused-ring (bicyclic) bond motifs is 1. The minimum absolute atomic E-state index is 0.504. The molecule has 0 fully saturated rings. The third-order valence-corrected chi connectivity index (χ3v) is 2.67. The zero-order chi connectivity index (χ0) is 10.1. The molecule has 0 aliphatic heterocycles.